The molecule has 2 nitrogen and oxygen atoms in total. The zero-order valence-electron chi connectivity index (χ0n) is 20.5. The lowest BCUT2D eigenvalue weighted by molar-refractivity contribution is -0.0647. The smallest absolute Gasteiger partial charge is 0.143 e. The van der Waals surface area contributed by atoms with Gasteiger partial charge in [0.15, 0.2) is 0 Å². The van der Waals surface area contributed by atoms with Crippen molar-refractivity contribution < 1.29 is 10.2 Å². The van der Waals surface area contributed by atoms with Crippen molar-refractivity contribution in [3.8, 4) is 17.2 Å². The predicted molar refractivity (Wildman–Crippen MR) is 132 cm³/mol. The fraction of sp³-hybridized carbons (Fsp3) is 0.714. The molecule has 5 atom stereocenters. The van der Waals surface area contributed by atoms with Gasteiger partial charge in [-0.2, -0.15) is 0 Å². The first kappa shape index (κ1) is 22.9. The first-order valence-electron chi connectivity index (χ1n) is 12.6. The lowest BCUT2D eigenvalue weighted by atomic mass is 9.53. The van der Waals surface area contributed by atoms with Crippen LogP contribution >= 0.6 is 0 Å². The minimum Gasteiger partial charge on any atom is -0.508 e. The first-order chi connectivity index (χ1) is 14.5. The number of fused-ring (bicyclic) bond motifs is 5. The molecule has 0 saturated heterocycles. The van der Waals surface area contributed by atoms with E-state index in [1.54, 1.807) is 0 Å². The Balaban J connectivity index is 1.66. The summed E-state index contributed by atoms with van der Waals surface area (Å²) in [5.41, 5.74) is 5.66. The van der Waals surface area contributed by atoms with Gasteiger partial charge in [-0.05, 0) is 96.7 Å². The molecule has 0 amide bonds. The van der Waals surface area contributed by atoms with Crippen LogP contribution < -0.4 is 0 Å². The maximum absolute atomic E-state index is 12.0. The van der Waals surface area contributed by atoms with E-state index in [-0.39, 0.29) is 10.5 Å². The Morgan fingerprint density at radius 2 is 1.81 bits per heavy atom. The van der Waals surface area contributed by atoms with Crippen molar-refractivity contribution in [1.82, 2.24) is 0 Å². The Hall–Kier alpha value is -1.24. The van der Waals surface area contributed by atoms with Gasteiger partial charge < -0.3 is 10.2 Å². The SMILES string of the molecule is CC[Si](C#C[C@]1(O)CC[C@H]2[C@@H]3CCc4cc(O)ccc4[C@H]3CC[C@@]21C)(CC)C(C)(C)C. The summed E-state index contributed by atoms with van der Waals surface area (Å²) in [4.78, 5) is 0. The summed E-state index contributed by atoms with van der Waals surface area (Å²) in [6, 6.07) is 8.31. The van der Waals surface area contributed by atoms with E-state index in [0.29, 0.717) is 23.5 Å². The maximum atomic E-state index is 12.0. The molecule has 0 unspecified atom stereocenters. The molecule has 31 heavy (non-hydrogen) atoms. The van der Waals surface area contributed by atoms with Crippen molar-refractivity contribution >= 4 is 8.07 Å². The summed E-state index contributed by atoms with van der Waals surface area (Å²) in [6.07, 6.45) is 6.33. The van der Waals surface area contributed by atoms with Gasteiger partial charge in [0.25, 0.3) is 0 Å². The van der Waals surface area contributed by atoms with Gasteiger partial charge in [0.05, 0.1) is 0 Å². The minimum absolute atomic E-state index is 0.102. The van der Waals surface area contributed by atoms with E-state index in [1.807, 2.05) is 12.1 Å². The quantitative estimate of drug-likeness (QED) is 0.393. The van der Waals surface area contributed by atoms with Crippen LogP contribution in [-0.2, 0) is 6.42 Å². The lowest BCUT2D eigenvalue weighted by Gasteiger charge is -2.52. The molecule has 0 heterocycles. The molecule has 2 saturated carbocycles. The van der Waals surface area contributed by atoms with E-state index in [4.69, 9.17) is 0 Å². The van der Waals surface area contributed by atoms with E-state index < -0.39 is 13.7 Å². The highest BCUT2D eigenvalue weighted by atomic mass is 28.3. The normalized spacial score (nSPS) is 34.9. The Labute approximate surface area is 190 Å². The molecule has 4 rings (SSSR count). The number of aliphatic hydroxyl groups is 1. The van der Waals surface area contributed by atoms with Crippen LogP contribution in [0.15, 0.2) is 18.2 Å². The minimum atomic E-state index is -1.78. The van der Waals surface area contributed by atoms with Gasteiger partial charge in [0.1, 0.15) is 19.4 Å². The van der Waals surface area contributed by atoms with Gasteiger partial charge in [-0.3, -0.25) is 0 Å². The van der Waals surface area contributed by atoms with Crippen molar-refractivity contribution in [3.05, 3.63) is 29.3 Å². The van der Waals surface area contributed by atoms with Crippen LogP contribution in [-0.4, -0.2) is 23.9 Å². The Kier molecular flexibility index (Phi) is 5.67. The molecule has 3 aliphatic carbocycles. The van der Waals surface area contributed by atoms with Crippen molar-refractivity contribution in [1.29, 1.82) is 0 Å². The first-order valence-corrected chi connectivity index (χ1v) is 15.0. The Morgan fingerprint density at radius 3 is 2.45 bits per heavy atom. The highest BCUT2D eigenvalue weighted by Crippen LogP contribution is 2.64. The molecular formula is C28H42O2Si. The van der Waals surface area contributed by atoms with Crippen LogP contribution in [0.25, 0.3) is 0 Å². The third kappa shape index (κ3) is 3.41. The second kappa shape index (κ2) is 7.67. The van der Waals surface area contributed by atoms with Crippen LogP contribution in [0.5, 0.6) is 5.75 Å². The number of phenols is 1. The van der Waals surface area contributed by atoms with Gasteiger partial charge in [-0.25, -0.2) is 0 Å². The number of benzene rings is 1. The molecule has 2 N–H and O–H groups in total. The number of aryl methyl sites for hydroxylation is 1. The van der Waals surface area contributed by atoms with Crippen molar-refractivity contribution in [2.75, 3.05) is 0 Å². The summed E-state index contributed by atoms with van der Waals surface area (Å²) in [5, 5.41) is 22.2. The Bertz CT molecular complexity index is 900. The number of aromatic hydroxyl groups is 1. The summed E-state index contributed by atoms with van der Waals surface area (Å²) >= 11 is 0. The molecule has 0 aliphatic heterocycles. The summed E-state index contributed by atoms with van der Waals surface area (Å²) in [6.45, 7) is 14.0. The molecule has 3 heteroatoms. The molecule has 1 aromatic rings. The summed E-state index contributed by atoms with van der Waals surface area (Å²) in [5.74, 6) is 5.75. The van der Waals surface area contributed by atoms with Crippen molar-refractivity contribution in [3.63, 3.8) is 0 Å². The standard InChI is InChI=1S/C28H42O2Si/c1-7-31(8-2,26(3,4)5)18-17-28(30)16-14-25-24-11-9-20-19-21(29)10-12-22(20)23(24)13-15-27(25,28)6/h10,12,19,23-25,29-30H,7-9,11,13-16H2,1-6H3/t23-,24-,25+,27+,28-/m1/s1. The number of hydrogen-bond donors (Lipinski definition) is 2. The average Bonchev–Trinajstić information content (AvgIpc) is 2.99. The average molecular weight is 439 g/mol. The van der Waals surface area contributed by atoms with Crippen molar-refractivity contribution in [2.24, 2.45) is 17.3 Å². The van der Waals surface area contributed by atoms with E-state index in [0.717, 1.165) is 44.2 Å². The Morgan fingerprint density at radius 1 is 1.10 bits per heavy atom. The molecule has 1 aromatic carbocycles. The highest BCUT2D eigenvalue weighted by Gasteiger charge is 2.61. The molecule has 0 aromatic heterocycles. The predicted octanol–water partition coefficient (Wildman–Crippen LogP) is 6.81. The van der Waals surface area contributed by atoms with Crippen LogP contribution in [0, 0.1) is 28.7 Å². The van der Waals surface area contributed by atoms with Crippen LogP contribution in [0.2, 0.25) is 17.1 Å². The van der Waals surface area contributed by atoms with E-state index >= 15 is 0 Å². The van der Waals surface area contributed by atoms with Gasteiger partial charge in [0.2, 0.25) is 0 Å². The third-order valence-electron chi connectivity index (χ3n) is 10.0. The van der Waals surface area contributed by atoms with Crippen LogP contribution in [0.3, 0.4) is 0 Å². The third-order valence-corrected chi connectivity index (χ3v) is 15.9. The molecule has 0 bridgehead atoms. The summed E-state index contributed by atoms with van der Waals surface area (Å²) in [7, 11) is -1.78. The molecule has 2 fully saturated rings. The zero-order chi connectivity index (χ0) is 22.7. The number of phenolic OH excluding ortho intramolecular Hbond substituents is 1. The molecule has 0 radical (unpaired) electrons. The van der Waals surface area contributed by atoms with Crippen LogP contribution in [0.4, 0.5) is 0 Å². The van der Waals surface area contributed by atoms with E-state index in [1.165, 1.54) is 17.5 Å². The van der Waals surface area contributed by atoms with E-state index in [2.05, 4.69) is 59.1 Å². The van der Waals surface area contributed by atoms with Gasteiger partial charge in [0, 0.05) is 5.41 Å². The lowest BCUT2D eigenvalue weighted by Crippen LogP contribution is -2.50. The van der Waals surface area contributed by atoms with Crippen LogP contribution in [0.1, 0.15) is 90.7 Å². The molecule has 170 valence electrons. The van der Waals surface area contributed by atoms with E-state index in [9.17, 15) is 10.2 Å². The number of hydrogen-bond acceptors (Lipinski definition) is 2. The maximum Gasteiger partial charge on any atom is 0.143 e. The largest absolute Gasteiger partial charge is 0.508 e. The fourth-order valence-corrected chi connectivity index (χ4v) is 11.5. The van der Waals surface area contributed by atoms with Gasteiger partial charge >= 0.3 is 0 Å². The second-order valence-corrected chi connectivity index (χ2v) is 17.3. The molecule has 0 spiro atoms. The van der Waals surface area contributed by atoms with Gasteiger partial charge in [-0.1, -0.05) is 53.5 Å². The topological polar surface area (TPSA) is 40.5 Å². The zero-order valence-corrected chi connectivity index (χ0v) is 21.5. The highest BCUT2D eigenvalue weighted by molar-refractivity contribution is 6.89. The molecular weight excluding hydrogens is 396 g/mol. The second-order valence-electron chi connectivity index (χ2n) is 11.9. The molecule has 3 aliphatic rings. The monoisotopic (exact) mass is 438 g/mol. The van der Waals surface area contributed by atoms with Crippen molar-refractivity contribution in [2.45, 2.75) is 109 Å². The fourth-order valence-electron chi connectivity index (χ4n) is 7.69. The summed E-state index contributed by atoms with van der Waals surface area (Å²) < 4.78 is 0. The number of rotatable bonds is 2. The van der Waals surface area contributed by atoms with Gasteiger partial charge in [-0.15, -0.1) is 5.54 Å².